The van der Waals surface area contributed by atoms with Crippen LogP contribution >= 0.6 is 0 Å². The normalized spacial score (nSPS) is 11.5. The lowest BCUT2D eigenvalue weighted by Gasteiger charge is -2.07. The number of hydrogen-bond donors (Lipinski definition) is 1. The van der Waals surface area contributed by atoms with Crippen LogP contribution in [0.3, 0.4) is 0 Å². The smallest absolute Gasteiger partial charge is 0.356 e. The van der Waals surface area contributed by atoms with Gasteiger partial charge in [0.25, 0.3) is 0 Å². The van der Waals surface area contributed by atoms with Crippen LogP contribution in [0.5, 0.6) is 0 Å². The van der Waals surface area contributed by atoms with E-state index in [1.807, 2.05) is 0 Å². The van der Waals surface area contributed by atoms with Crippen LogP contribution in [0.1, 0.15) is 18.4 Å². The molecule has 1 amide bonds. The molecule has 0 spiro atoms. The lowest BCUT2D eigenvalue weighted by molar-refractivity contribution is -0.140. The number of alkyl halides is 3. The first-order valence-corrected chi connectivity index (χ1v) is 6.27. The molecule has 0 atom stereocenters. The Morgan fingerprint density at radius 1 is 1.36 bits per heavy atom. The second-order valence-electron chi connectivity index (χ2n) is 4.33. The first-order chi connectivity index (χ1) is 10.3. The number of nitrogens with zero attached hydrogens (tertiary/aromatic N) is 2. The molecule has 0 aliphatic rings. The maximum atomic E-state index is 13.5. The van der Waals surface area contributed by atoms with Crippen LogP contribution in [0, 0.1) is 5.82 Å². The average molecular weight is 317 g/mol. The minimum atomic E-state index is -4.77. The molecule has 5 nitrogen and oxygen atoms in total. The molecule has 0 bridgehead atoms. The molecule has 2 rings (SSSR count). The minimum Gasteiger partial charge on any atom is -0.356 e. The van der Waals surface area contributed by atoms with E-state index in [4.69, 9.17) is 4.52 Å². The standard InChI is InChI=1S/C13H11F4N3O2/c1-2-18-10(21)6-11-19-12(20-22-11)7-3-4-8(9(14)5-7)13(15,16)17/h3-5H,2,6H2,1H3,(H,18,21). The number of hydrogen-bond acceptors (Lipinski definition) is 4. The largest absolute Gasteiger partial charge is 0.419 e. The van der Waals surface area contributed by atoms with Gasteiger partial charge < -0.3 is 9.84 Å². The second kappa shape index (κ2) is 6.12. The van der Waals surface area contributed by atoms with E-state index >= 15 is 0 Å². The van der Waals surface area contributed by atoms with Crippen LogP contribution < -0.4 is 5.32 Å². The SMILES string of the molecule is CCNC(=O)Cc1nc(-c2ccc(C(F)(F)F)c(F)c2)no1. The van der Waals surface area contributed by atoms with Crippen molar-refractivity contribution < 1.29 is 26.9 Å². The number of carbonyl (C=O) groups is 1. The summed E-state index contributed by atoms with van der Waals surface area (Å²) in [6, 6.07) is 2.31. The van der Waals surface area contributed by atoms with E-state index in [2.05, 4.69) is 15.5 Å². The van der Waals surface area contributed by atoms with Crippen LogP contribution in [0.4, 0.5) is 17.6 Å². The highest BCUT2D eigenvalue weighted by Gasteiger charge is 2.34. The Morgan fingerprint density at radius 3 is 2.68 bits per heavy atom. The molecule has 0 fully saturated rings. The Bertz CT molecular complexity index is 682. The Morgan fingerprint density at radius 2 is 2.09 bits per heavy atom. The summed E-state index contributed by atoms with van der Waals surface area (Å²) in [6.07, 6.45) is -4.94. The predicted molar refractivity (Wildman–Crippen MR) is 67.1 cm³/mol. The van der Waals surface area contributed by atoms with Crippen molar-refractivity contribution in [2.75, 3.05) is 6.54 Å². The van der Waals surface area contributed by atoms with E-state index in [9.17, 15) is 22.4 Å². The van der Waals surface area contributed by atoms with Crippen molar-refractivity contribution in [2.45, 2.75) is 19.5 Å². The lowest BCUT2D eigenvalue weighted by atomic mass is 10.1. The van der Waals surface area contributed by atoms with Gasteiger partial charge in [0.1, 0.15) is 12.2 Å². The fourth-order valence-corrected chi connectivity index (χ4v) is 1.73. The molecular formula is C13H11F4N3O2. The minimum absolute atomic E-state index is 0.0127. The molecule has 1 heterocycles. The first kappa shape index (κ1) is 15.9. The third-order valence-corrected chi connectivity index (χ3v) is 2.69. The van der Waals surface area contributed by atoms with E-state index in [1.54, 1.807) is 6.92 Å². The molecule has 0 aliphatic carbocycles. The first-order valence-electron chi connectivity index (χ1n) is 6.27. The van der Waals surface area contributed by atoms with Crippen LogP contribution in [-0.4, -0.2) is 22.6 Å². The summed E-state index contributed by atoms with van der Waals surface area (Å²) in [5, 5.41) is 6.04. The number of nitrogens with one attached hydrogen (secondary N) is 1. The Labute approximate surface area is 122 Å². The molecule has 0 saturated carbocycles. The zero-order valence-corrected chi connectivity index (χ0v) is 11.4. The topological polar surface area (TPSA) is 68.0 Å². The Balaban J connectivity index is 2.21. The van der Waals surface area contributed by atoms with Crippen LogP contribution in [-0.2, 0) is 17.4 Å². The monoisotopic (exact) mass is 317 g/mol. The van der Waals surface area contributed by atoms with Crippen molar-refractivity contribution in [3.63, 3.8) is 0 Å². The Hall–Kier alpha value is -2.45. The number of amides is 1. The van der Waals surface area contributed by atoms with Crippen LogP contribution in [0.15, 0.2) is 22.7 Å². The number of likely N-dealkylation sites (N-methyl/N-ethyl adjacent to an activating group) is 1. The molecular weight excluding hydrogens is 306 g/mol. The molecule has 1 aromatic heterocycles. The quantitative estimate of drug-likeness (QED) is 0.880. The zero-order valence-electron chi connectivity index (χ0n) is 11.4. The van der Waals surface area contributed by atoms with Crippen molar-refractivity contribution in [3.05, 3.63) is 35.5 Å². The third kappa shape index (κ3) is 3.60. The van der Waals surface area contributed by atoms with Gasteiger partial charge in [0, 0.05) is 12.1 Å². The molecule has 1 aromatic carbocycles. The fourth-order valence-electron chi connectivity index (χ4n) is 1.73. The number of benzene rings is 1. The van der Waals surface area contributed by atoms with Crippen molar-refractivity contribution in [1.29, 1.82) is 0 Å². The lowest BCUT2D eigenvalue weighted by Crippen LogP contribution is -2.24. The third-order valence-electron chi connectivity index (χ3n) is 2.69. The molecule has 2 aromatic rings. The number of halogens is 4. The molecule has 9 heteroatoms. The van der Waals surface area contributed by atoms with Gasteiger partial charge in [-0.25, -0.2) is 4.39 Å². The van der Waals surface area contributed by atoms with Crippen molar-refractivity contribution in [2.24, 2.45) is 0 Å². The molecule has 118 valence electrons. The molecule has 0 aliphatic heterocycles. The summed E-state index contributed by atoms with van der Waals surface area (Å²) in [6.45, 7) is 2.17. The van der Waals surface area contributed by atoms with Gasteiger partial charge in [-0.05, 0) is 19.1 Å². The van der Waals surface area contributed by atoms with Gasteiger partial charge in [-0.2, -0.15) is 18.2 Å². The maximum absolute atomic E-state index is 13.5. The number of aromatic nitrogens is 2. The Kier molecular flexibility index (Phi) is 4.43. The van der Waals surface area contributed by atoms with Crippen molar-refractivity contribution >= 4 is 5.91 Å². The van der Waals surface area contributed by atoms with Gasteiger partial charge in [-0.15, -0.1) is 0 Å². The van der Waals surface area contributed by atoms with Crippen LogP contribution in [0.25, 0.3) is 11.4 Å². The molecule has 0 saturated heterocycles. The van der Waals surface area contributed by atoms with Gasteiger partial charge in [-0.1, -0.05) is 11.2 Å². The van der Waals surface area contributed by atoms with E-state index in [1.165, 1.54) is 0 Å². The number of carbonyl (C=O) groups excluding carboxylic acids is 1. The predicted octanol–water partition coefficient (Wildman–Crippen LogP) is 2.57. The average Bonchev–Trinajstić information content (AvgIpc) is 2.85. The zero-order chi connectivity index (χ0) is 16.3. The summed E-state index contributed by atoms with van der Waals surface area (Å²) in [5.74, 6) is -1.87. The fraction of sp³-hybridized carbons (Fsp3) is 0.308. The second-order valence-corrected chi connectivity index (χ2v) is 4.33. The van der Waals surface area contributed by atoms with Gasteiger partial charge in [-0.3, -0.25) is 4.79 Å². The molecule has 0 unspecified atom stereocenters. The summed E-state index contributed by atoms with van der Waals surface area (Å²) < 4.78 is 55.7. The summed E-state index contributed by atoms with van der Waals surface area (Å²) in [7, 11) is 0. The van der Waals surface area contributed by atoms with E-state index < -0.39 is 17.6 Å². The van der Waals surface area contributed by atoms with Gasteiger partial charge in [0.15, 0.2) is 0 Å². The van der Waals surface area contributed by atoms with Crippen LogP contribution in [0.2, 0.25) is 0 Å². The highest BCUT2D eigenvalue weighted by Crippen LogP contribution is 2.32. The summed E-state index contributed by atoms with van der Waals surface area (Å²) in [5.41, 5.74) is -1.35. The van der Waals surface area contributed by atoms with Crippen molar-refractivity contribution in [3.8, 4) is 11.4 Å². The molecule has 1 N–H and O–H groups in total. The van der Waals surface area contributed by atoms with E-state index in [-0.39, 0.29) is 29.6 Å². The number of rotatable bonds is 4. The van der Waals surface area contributed by atoms with E-state index in [0.29, 0.717) is 18.7 Å². The highest BCUT2D eigenvalue weighted by atomic mass is 19.4. The van der Waals surface area contributed by atoms with Gasteiger partial charge >= 0.3 is 6.18 Å². The molecule has 22 heavy (non-hydrogen) atoms. The van der Waals surface area contributed by atoms with Crippen molar-refractivity contribution in [1.82, 2.24) is 15.5 Å². The summed E-state index contributed by atoms with van der Waals surface area (Å²) in [4.78, 5) is 15.2. The van der Waals surface area contributed by atoms with Gasteiger partial charge in [0.05, 0.1) is 5.56 Å². The highest BCUT2D eigenvalue weighted by molar-refractivity contribution is 5.77. The van der Waals surface area contributed by atoms with E-state index in [0.717, 1.165) is 6.07 Å². The summed E-state index contributed by atoms with van der Waals surface area (Å²) >= 11 is 0. The maximum Gasteiger partial charge on any atom is 0.419 e. The molecule has 0 radical (unpaired) electrons. The van der Waals surface area contributed by atoms with Gasteiger partial charge in [0.2, 0.25) is 17.6 Å².